The predicted molar refractivity (Wildman–Crippen MR) is 134 cm³/mol. The van der Waals surface area contributed by atoms with Crippen molar-refractivity contribution in [1.82, 2.24) is 0 Å². The van der Waals surface area contributed by atoms with Crippen molar-refractivity contribution in [2.45, 2.75) is 84.8 Å². The highest BCUT2D eigenvalue weighted by atomic mass is 16.7. The number of carbonyl (C=O) groups excluding carboxylic acids is 3. The van der Waals surface area contributed by atoms with Gasteiger partial charge in [0.1, 0.15) is 6.04 Å². The maximum Gasteiger partial charge on any atom is 0.513 e. The SMILES string of the molecule is CCCOC(=O)Oc1ccc(C(CC(C)OC(=O)CCC(C)C)[C@H](N)C(=O)O)cc1OC(=O)OCCC. The molecule has 1 aromatic carbocycles. The zero-order valence-electron chi connectivity index (χ0n) is 22.2. The van der Waals surface area contributed by atoms with Gasteiger partial charge in [0.05, 0.1) is 19.3 Å². The van der Waals surface area contributed by atoms with Gasteiger partial charge in [0.15, 0.2) is 11.5 Å². The summed E-state index contributed by atoms with van der Waals surface area (Å²) in [5.41, 5.74) is 6.35. The van der Waals surface area contributed by atoms with Gasteiger partial charge >= 0.3 is 24.2 Å². The third kappa shape index (κ3) is 12.0. The summed E-state index contributed by atoms with van der Waals surface area (Å²) >= 11 is 0. The van der Waals surface area contributed by atoms with E-state index in [2.05, 4.69) is 0 Å². The minimum absolute atomic E-state index is 0.0827. The number of rotatable bonds is 15. The normalized spacial score (nSPS) is 13.3. The molecule has 3 N–H and O–H groups in total. The molecule has 0 amide bonds. The van der Waals surface area contributed by atoms with Crippen LogP contribution < -0.4 is 15.2 Å². The molecule has 1 aromatic rings. The Morgan fingerprint density at radius 3 is 2.00 bits per heavy atom. The van der Waals surface area contributed by atoms with Gasteiger partial charge in [-0.25, -0.2) is 9.59 Å². The van der Waals surface area contributed by atoms with Gasteiger partial charge in [-0.3, -0.25) is 9.59 Å². The Hall–Kier alpha value is -3.34. The van der Waals surface area contributed by atoms with Gasteiger partial charge in [-0.2, -0.15) is 0 Å². The van der Waals surface area contributed by atoms with E-state index in [1.54, 1.807) is 13.8 Å². The Bertz CT molecular complexity index is 901. The molecule has 3 atom stereocenters. The lowest BCUT2D eigenvalue weighted by Gasteiger charge is -2.25. The monoisotopic (exact) mass is 525 g/mol. The zero-order valence-corrected chi connectivity index (χ0v) is 22.2. The van der Waals surface area contributed by atoms with Crippen molar-refractivity contribution in [2.75, 3.05) is 13.2 Å². The third-order valence-electron chi connectivity index (χ3n) is 5.19. The van der Waals surface area contributed by atoms with Crippen molar-refractivity contribution in [3.63, 3.8) is 0 Å². The molecule has 1 rings (SSSR count). The predicted octanol–water partition coefficient (Wildman–Crippen LogP) is 4.79. The molecule has 0 aliphatic carbocycles. The molecule has 11 nitrogen and oxygen atoms in total. The van der Waals surface area contributed by atoms with Crippen LogP contribution in [0.4, 0.5) is 9.59 Å². The summed E-state index contributed by atoms with van der Waals surface area (Å²) in [6.07, 6.45) is -0.537. The molecule has 0 aliphatic heterocycles. The number of carboxylic acids is 1. The van der Waals surface area contributed by atoms with Crippen LogP contribution in [0.15, 0.2) is 18.2 Å². The average molecular weight is 526 g/mol. The number of ether oxygens (including phenoxy) is 5. The first-order valence-corrected chi connectivity index (χ1v) is 12.5. The highest BCUT2D eigenvalue weighted by molar-refractivity contribution is 5.75. The van der Waals surface area contributed by atoms with Crippen LogP contribution in [0.25, 0.3) is 0 Å². The summed E-state index contributed by atoms with van der Waals surface area (Å²) < 4.78 is 25.7. The van der Waals surface area contributed by atoms with Crippen LogP contribution in [0.5, 0.6) is 11.5 Å². The number of esters is 1. The Morgan fingerprint density at radius 1 is 0.919 bits per heavy atom. The van der Waals surface area contributed by atoms with Crippen molar-refractivity contribution >= 4 is 24.2 Å². The minimum Gasteiger partial charge on any atom is -0.480 e. The summed E-state index contributed by atoms with van der Waals surface area (Å²) in [6, 6.07) is 2.81. The van der Waals surface area contributed by atoms with E-state index in [1.165, 1.54) is 18.2 Å². The maximum absolute atomic E-state index is 12.2. The number of aliphatic carboxylic acids is 1. The van der Waals surface area contributed by atoms with Crippen molar-refractivity contribution in [3.05, 3.63) is 23.8 Å². The number of benzene rings is 1. The lowest BCUT2D eigenvalue weighted by Crippen LogP contribution is -2.38. The van der Waals surface area contributed by atoms with E-state index in [-0.39, 0.29) is 43.5 Å². The van der Waals surface area contributed by atoms with Crippen molar-refractivity contribution in [3.8, 4) is 11.5 Å². The molecule has 0 saturated carbocycles. The lowest BCUT2D eigenvalue weighted by atomic mass is 9.87. The molecule has 11 heteroatoms. The Balaban J connectivity index is 3.23. The zero-order chi connectivity index (χ0) is 28.0. The van der Waals surface area contributed by atoms with E-state index in [4.69, 9.17) is 29.4 Å². The van der Waals surface area contributed by atoms with Gasteiger partial charge in [0, 0.05) is 12.3 Å². The standard InChI is InChI=1S/C26H39NO10/c1-6-12-33-25(31)36-20-10-9-18(15-21(20)37-26(32)34-13-7-2)19(23(27)24(29)30)14-17(5)35-22(28)11-8-16(3)4/h9-10,15-17,19,23H,6-8,11-14,27H2,1-5H3,(H,29,30)/t17?,19?,23-/m0/s1. The van der Waals surface area contributed by atoms with Gasteiger partial charge in [-0.15, -0.1) is 0 Å². The van der Waals surface area contributed by atoms with Crippen LogP contribution in [0, 0.1) is 5.92 Å². The van der Waals surface area contributed by atoms with E-state index >= 15 is 0 Å². The summed E-state index contributed by atoms with van der Waals surface area (Å²) in [5, 5.41) is 9.60. The van der Waals surface area contributed by atoms with Crippen LogP contribution >= 0.6 is 0 Å². The quantitative estimate of drug-likeness (QED) is 0.184. The molecular formula is C26H39NO10. The first-order valence-electron chi connectivity index (χ1n) is 12.5. The fourth-order valence-electron chi connectivity index (χ4n) is 3.29. The summed E-state index contributed by atoms with van der Waals surface area (Å²) in [7, 11) is 0. The average Bonchev–Trinajstić information content (AvgIpc) is 2.84. The van der Waals surface area contributed by atoms with Crippen LogP contribution in [0.1, 0.15) is 78.2 Å². The molecule has 0 aromatic heterocycles. The second-order valence-electron chi connectivity index (χ2n) is 9.05. The van der Waals surface area contributed by atoms with Gasteiger partial charge < -0.3 is 34.5 Å². The minimum atomic E-state index is -1.36. The van der Waals surface area contributed by atoms with Crippen LogP contribution in [0.2, 0.25) is 0 Å². The van der Waals surface area contributed by atoms with E-state index in [9.17, 15) is 24.3 Å². The maximum atomic E-state index is 12.2. The summed E-state index contributed by atoms with van der Waals surface area (Å²) in [6.45, 7) is 9.50. The number of carboxylic acid groups (broad SMARTS) is 1. The second-order valence-corrected chi connectivity index (χ2v) is 9.05. The summed E-state index contributed by atoms with van der Waals surface area (Å²) in [5.74, 6) is -2.47. The molecule has 0 saturated heterocycles. The molecular weight excluding hydrogens is 486 g/mol. The van der Waals surface area contributed by atoms with E-state index in [1.807, 2.05) is 20.8 Å². The fourth-order valence-corrected chi connectivity index (χ4v) is 3.29. The third-order valence-corrected chi connectivity index (χ3v) is 5.19. The molecule has 0 aliphatic rings. The van der Waals surface area contributed by atoms with Gasteiger partial charge in [0.2, 0.25) is 0 Å². The van der Waals surface area contributed by atoms with Gasteiger partial charge in [-0.05, 0) is 56.2 Å². The molecule has 2 unspecified atom stereocenters. The Morgan fingerprint density at radius 2 is 1.49 bits per heavy atom. The molecule has 0 fully saturated rings. The van der Waals surface area contributed by atoms with Gasteiger partial charge in [-0.1, -0.05) is 33.8 Å². The van der Waals surface area contributed by atoms with Crippen molar-refractivity contribution < 1.29 is 48.0 Å². The van der Waals surface area contributed by atoms with Crippen LogP contribution in [-0.2, 0) is 23.8 Å². The lowest BCUT2D eigenvalue weighted by molar-refractivity contribution is -0.149. The van der Waals surface area contributed by atoms with Crippen molar-refractivity contribution in [1.29, 1.82) is 0 Å². The molecule has 208 valence electrons. The molecule has 37 heavy (non-hydrogen) atoms. The number of carbonyl (C=O) groups is 4. The fraction of sp³-hybridized carbons (Fsp3) is 0.615. The molecule has 0 bridgehead atoms. The van der Waals surface area contributed by atoms with Crippen LogP contribution in [-0.4, -0.2) is 54.7 Å². The highest BCUT2D eigenvalue weighted by Gasteiger charge is 2.30. The molecule has 0 radical (unpaired) electrons. The molecule has 0 heterocycles. The summed E-state index contributed by atoms with van der Waals surface area (Å²) in [4.78, 5) is 48.0. The number of hydrogen-bond acceptors (Lipinski definition) is 10. The second kappa shape index (κ2) is 16.4. The topological polar surface area (TPSA) is 161 Å². The van der Waals surface area contributed by atoms with Crippen LogP contribution in [0.3, 0.4) is 0 Å². The Labute approximate surface area is 217 Å². The largest absolute Gasteiger partial charge is 0.513 e. The molecule has 0 spiro atoms. The first kappa shape index (κ1) is 31.7. The van der Waals surface area contributed by atoms with E-state index in [0.29, 0.717) is 30.7 Å². The van der Waals surface area contributed by atoms with Crippen molar-refractivity contribution in [2.24, 2.45) is 11.7 Å². The number of nitrogens with two attached hydrogens (primary N) is 1. The van der Waals surface area contributed by atoms with E-state index < -0.39 is 36.3 Å². The Kier molecular flexibility index (Phi) is 14.1. The van der Waals surface area contributed by atoms with Gasteiger partial charge in [0.25, 0.3) is 0 Å². The first-order chi connectivity index (χ1) is 17.5. The van der Waals surface area contributed by atoms with E-state index in [0.717, 1.165) is 0 Å². The number of hydrogen-bond donors (Lipinski definition) is 2. The smallest absolute Gasteiger partial charge is 0.480 e. The highest BCUT2D eigenvalue weighted by Crippen LogP contribution is 2.35.